The highest BCUT2D eigenvalue weighted by molar-refractivity contribution is 5.97. The van der Waals surface area contributed by atoms with Gasteiger partial charge < -0.3 is 14.5 Å². The second kappa shape index (κ2) is 7.80. The molecule has 0 aliphatic rings. The van der Waals surface area contributed by atoms with Crippen molar-refractivity contribution in [1.82, 2.24) is 24.7 Å². The molecule has 0 radical (unpaired) electrons. The summed E-state index contributed by atoms with van der Waals surface area (Å²) in [7, 11) is 1.43. The van der Waals surface area contributed by atoms with Crippen LogP contribution >= 0.6 is 0 Å². The van der Waals surface area contributed by atoms with Gasteiger partial charge in [-0.05, 0) is 39.0 Å². The first kappa shape index (κ1) is 21.0. The number of fused-ring (bicyclic) bond motifs is 1. The molecular formula is C22H21N5O5. The summed E-state index contributed by atoms with van der Waals surface area (Å²) >= 11 is 0. The minimum atomic E-state index is -0.714. The number of carbonyl (C=O) groups excluding carboxylic acids is 1. The summed E-state index contributed by atoms with van der Waals surface area (Å²) < 4.78 is 12.4. The quantitative estimate of drug-likeness (QED) is 0.506. The molecule has 3 heterocycles. The molecule has 10 heteroatoms. The number of para-hydroxylation sites is 1. The fourth-order valence-electron chi connectivity index (χ4n) is 3.30. The van der Waals surface area contributed by atoms with Crippen molar-refractivity contribution in [2.24, 2.45) is 0 Å². The number of hydrogen-bond acceptors (Lipinski definition) is 7. The van der Waals surface area contributed by atoms with Crippen molar-refractivity contribution in [2.75, 3.05) is 7.11 Å². The Bertz CT molecular complexity index is 1440. The summed E-state index contributed by atoms with van der Waals surface area (Å²) in [5.41, 5.74) is -0.148. The number of nitrogens with zero attached hydrogens (tertiary/aromatic N) is 3. The predicted molar refractivity (Wildman–Crippen MR) is 118 cm³/mol. The summed E-state index contributed by atoms with van der Waals surface area (Å²) in [6, 6.07) is 10.7. The molecule has 0 saturated carbocycles. The van der Waals surface area contributed by atoms with E-state index < -0.39 is 22.9 Å². The van der Waals surface area contributed by atoms with Crippen LogP contribution in [0.25, 0.3) is 33.4 Å². The Balaban J connectivity index is 1.97. The molecule has 0 fully saturated rings. The number of H-pyrrole nitrogens is 2. The normalized spacial score (nSPS) is 11.5. The molecule has 164 valence electrons. The zero-order valence-electron chi connectivity index (χ0n) is 17.9. The standard InChI is InChI=1S/C22H21N5O5/c1-22(2,3)32-21(30)27-16-8-6-5-7-12(16)9-17(27)13-10-15(25-26-19(13)31-4)14-11-23-20(29)24-18(14)28/h5-11H,1-4H3,(H2,23,24,28,29). The zero-order valence-corrected chi connectivity index (χ0v) is 17.9. The van der Waals surface area contributed by atoms with E-state index in [0.717, 1.165) is 5.39 Å². The minimum Gasteiger partial charge on any atom is -0.479 e. The Morgan fingerprint density at radius 3 is 2.50 bits per heavy atom. The third-order valence-electron chi connectivity index (χ3n) is 4.61. The van der Waals surface area contributed by atoms with Gasteiger partial charge in [0.05, 0.1) is 29.4 Å². The summed E-state index contributed by atoms with van der Waals surface area (Å²) in [6.45, 7) is 5.35. The van der Waals surface area contributed by atoms with Crippen molar-refractivity contribution in [3.8, 4) is 28.4 Å². The van der Waals surface area contributed by atoms with Gasteiger partial charge in [-0.25, -0.2) is 14.2 Å². The van der Waals surface area contributed by atoms with Crippen molar-refractivity contribution in [1.29, 1.82) is 0 Å². The van der Waals surface area contributed by atoms with Gasteiger partial charge in [0.1, 0.15) is 11.3 Å². The molecule has 0 atom stereocenters. The van der Waals surface area contributed by atoms with Crippen molar-refractivity contribution >= 4 is 17.0 Å². The first-order valence-electron chi connectivity index (χ1n) is 9.76. The van der Waals surface area contributed by atoms with Crippen LogP contribution in [0, 0.1) is 0 Å². The van der Waals surface area contributed by atoms with Crippen molar-refractivity contribution in [3.63, 3.8) is 0 Å². The molecule has 2 N–H and O–H groups in total. The number of nitrogens with one attached hydrogen (secondary N) is 2. The summed E-state index contributed by atoms with van der Waals surface area (Å²) in [5, 5.41) is 8.92. The molecule has 10 nitrogen and oxygen atoms in total. The van der Waals surface area contributed by atoms with Crippen LogP contribution in [0.4, 0.5) is 4.79 Å². The van der Waals surface area contributed by atoms with Gasteiger partial charge in [-0.15, -0.1) is 10.2 Å². The van der Waals surface area contributed by atoms with Gasteiger partial charge in [-0.3, -0.25) is 9.78 Å². The first-order valence-corrected chi connectivity index (χ1v) is 9.76. The van der Waals surface area contributed by atoms with Crippen LogP contribution < -0.4 is 16.0 Å². The molecule has 0 aliphatic heterocycles. The van der Waals surface area contributed by atoms with E-state index in [1.807, 2.05) is 18.2 Å². The Kier molecular flexibility index (Phi) is 5.13. The molecule has 0 aliphatic carbocycles. The van der Waals surface area contributed by atoms with Gasteiger partial charge in [0.25, 0.3) is 5.56 Å². The Hall–Kier alpha value is -4.21. The number of rotatable bonds is 3. The van der Waals surface area contributed by atoms with Crippen LogP contribution in [0.2, 0.25) is 0 Å². The number of carbonyl (C=O) groups is 1. The van der Waals surface area contributed by atoms with Gasteiger partial charge in [-0.2, -0.15) is 0 Å². The molecule has 0 amide bonds. The van der Waals surface area contributed by atoms with Gasteiger partial charge in [0.15, 0.2) is 0 Å². The topological polar surface area (TPSA) is 132 Å². The first-order chi connectivity index (χ1) is 15.2. The number of hydrogen-bond donors (Lipinski definition) is 2. The lowest BCUT2D eigenvalue weighted by Gasteiger charge is -2.21. The third-order valence-corrected chi connectivity index (χ3v) is 4.61. The SMILES string of the molecule is COc1nnc(-c2c[nH]c(=O)[nH]c2=O)cc1-c1cc2ccccc2n1C(=O)OC(C)(C)C. The highest BCUT2D eigenvalue weighted by Gasteiger charge is 2.25. The van der Waals surface area contributed by atoms with E-state index in [2.05, 4.69) is 20.2 Å². The molecule has 0 unspecified atom stereocenters. The Morgan fingerprint density at radius 1 is 1.06 bits per heavy atom. The van der Waals surface area contributed by atoms with Crippen LogP contribution in [-0.4, -0.2) is 43.5 Å². The molecule has 4 aromatic rings. The summed E-state index contributed by atoms with van der Waals surface area (Å²) in [5.74, 6) is 0.155. The van der Waals surface area contributed by atoms with E-state index in [1.165, 1.54) is 17.9 Å². The van der Waals surface area contributed by atoms with Gasteiger partial charge in [0, 0.05) is 11.6 Å². The van der Waals surface area contributed by atoms with E-state index >= 15 is 0 Å². The van der Waals surface area contributed by atoms with Gasteiger partial charge in [-0.1, -0.05) is 18.2 Å². The Morgan fingerprint density at radius 2 is 1.81 bits per heavy atom. The van der Waals surface area contributed by atoms with Crippen molar-refractivity contribution in [2.45, 2.75) is 26.4 Å². The largest absolute Gasteiger partial charge is 0.479 e. The number of aromatic amines is 2. The molecule has 1 aromatic carbocycles. The zero-order chi connectivity index (χ0) is 23.0. The average Bonchev–Trinajstić information content (AvgIpc) is 3.12. The van der Waals surface area contributed by atoms with Gasteiger partial charge in [0.2, 0.25) is 5.88 Å². The Labute approximate surface area is 181 Å². The van der Waals surface area contributed by atoms with Crippen LogP contribution in [0.5, 0.6) is 5.88 Å². The maximum Gasteiger partial charge on any atom is 0.419 e. The lowest BCUT2D eigenvalue weighted by molar-refractivity contribution is 0.0547. The number of aromatic nitrogens is 5. The number of ether oxygens (including phenoxy) is 2. The van der Waals surface area contributed by atoms with Crippen molar-refractivity contribution in [3.05, 3.63) is 63.4 Å². The van der Waals surface area contributed by atoms with Crippen LogP contribution in [0.1, 0.15) is 20.8 Å². The average molecular weight is 435 g/mol. The van der Waals surface area contributed by atoms with E-state index in [0.29, 0.717) is 16.8 Å². The maximum atomic E-state index is 13.1. The van der Waals surface area contributed by atoms with Crippen LogP contribution in [-0.2, 0) is 4.74 Å². The fourth-order valence-corrected chi connectivity index (χ4v) is 3.30. The number of methoxy groups -OCH3 is 1. The smallest absolute Gasteiger partial charge is 0.419 e. The summed E-state index contributed by atoms with van der Waals surface area (Å²) in [4.78, 5) is 41.4. The van der Waals surface area contributed by atoms with E-state index in [-0.39, 0.29) is 17.1 Å². The molecule has 0 saturated heterocycles. The van der Waals surface area contributed by atoms with E-state index in [1.54, 1.807) is 39.0 Å². The van der Waals surface area contributed by atoms with Crippen molar-refractivity contribution < 1.29 is 14.3 Å². The molecule has 3 aromatic heterocycles. The monoisotopic (exact) mass is 435 g/mol. The fraction of sp³-hybridized carbons (Fsp3) is 0.227. The van der Waals surface area contributed by atoms with E-state index in [4.69, 9.17) is 9.47 Å². The predicted octanol–water partition coefficient (Wildman–Crippen LogP) is 2.93. The highest BCUT2D eigenvalue weighted by Crippen LogP contribution is 2.35. The molecule has 0 spiro atoms. The molecule has 32 heavy (non-hydrogen) atoms. The second-order valence-electron chi connectivity index (χ2n) is 8.04. The number of benzene rings is 1. The molecular weight excluding hydrogens is 414 g/mol. The maximum absolute atomic E-state index is 13.1. The second-order valence-corrected chi connectivity index (χ2v) is 8.04. The summed E-state index contributed by atoms with van der Waals surface area (Å²) in [6.07, 6.45) is 0.682. The minimum absolute atomic E-state index is 0.112. The lowest BCUT2D eigenvalue weighted by Crippen LogP contribution is -2.27. The van der Waals surface area contributed by atoms with Gasteiger partial charge >= 0.3 is 11.8 Å². The lowest BCUT2D eigenvalue weighted by atomic mass is 10.1. The van der Waals surface area contributed by atoms with Crippen LogP contribution in [0.3, 0.4) is 0 Å². The molecule has 0 bridgehead atoms. The van der Waals surface area contributed by atoms with E-state index in [9.17, 15) is 14.4 Å². The molecule has 4 rings (SSSR count). The van der Waals surface area contributed by atoms with Crippen LogP contribution in [0.15, 0.2) is 52.2 Å². The third kappa shape index (κ3) is 3.89. The highest BCUT2D eigenvalue weighted by atomic mass is 16.6.